The Morgan fingerprint density at radius 2 is 1.14 bits per heavy atom. The van der Waals surface area contributed by atoms with E-state index in [1.807, 2.05) is 42.5 Å². The summed E-state index contributed by atoms with van der Waals surface area (Å²) in [7, 11) is 0. The normalized spacial score (nSPS) is 11.9. The molecule has 0 amide bonds. The molecule has 2 aromatic heterocycles. The Kier molecular flexibility index (Phi) is 8.49. The predicted octanol–water partition coefficient (Wildman–Crippen LogP) is 12.4. The number of hydrogen-bond donors (Lipinski definition) is 1. The van der Waals surface area contributed by atoms with Crippen molar-refractivity contribution >= 4 is 10.8 Å². The van der Waals surface area contributed by atoms with E-state index in [9.17, 15) is 5.11 Å². The maximum absolute atomic E-state index is 11.0. The number of aromatic nitrogens is 2. The molecule has 0 aliphatic rings. The van der Waals surface area contributed by atoms with Gasteiger partial charge in [0.05, 0.1) is 11.4 Å². The number of fused-ring (bicyclic) bond motifs is 1. The van der Waals surface area contributed by atoms with Gasteiger partial charge in [0.2, 0.25) is 5.88 Å². The summed E-state index contributed by atoms with van der Waals surface area (Å²) in [4.78, 5) is 9.65. The summed E-state index contributed by atoms with van der Waals surface area (Å²) in [5, 5.41) is 13.3. The molecule has 0 atom stereocenters. The summed E-state index contributed by atoms with van der Waals surface area (Å²) in [6.45, 7) is 13.5. The Hall–Kier alpha value is -5.74. The van der Waals surface area contributed by atoms with E-state index in [0.29, 0.717) is 22.9 Å². The van der Waals surface area contributed by atoms with Crippen molar-refractivity contribution in [1.29, 1.82) is 0 Å². The van der Waals surface area contributed by atoms with Crippen molar-refractivity contribution in [2.24, 2.45) is 0 Å². The molecule has 5 aromatic carbocycles. The van der Waals surface area contributed by atoms with Crippen molar-refractivity contribution in [3.05, 3.63) is 151 Å². The third kappa shape index (κ3) is 6.88. The summed E-state index contributed by atoms with van der Waals surface area (Å²) in [5.41, 5.74) is 9.71. The number of benzene rings is 5. The minimum Gasteiger partial charge on any atom is -0.507 e. The van der Waals surface area contributed by atoms with Crippen LogP contribution >= 0.6 is 0 Å². The zero-order valence-electron chi connectivity index (χ0n) is 29.5. The molecule has 50 heavy (non-hydrogen) atoms. The van der Waals surface area contributed by atoms with Crippen LogP contribution in [0.25, 0.3) is 55.5 Å². The Balaban J connectivity index is 1.49. The molecule has 0 bridgehead atoms. The highest BCUT2D eigenvalue weighted by Crippen LogP contribution is 2.40. The van der Waals surface area contributed by atoms with Crippen LogP contribution in [0.1, 0.15) is 52.7 Å². The second-order valence-electron chi connectivity index (χ2n) is 15.0. The summed E-state index contributed by atoms with van der Waals surface area (Å²) >= 11 is 0. The molecule has 0 saturated heterocycles. The van der Waals surface area contributed by atoms with Crippen molar-refractivity contribution in [3.8, 4) is 62.1 Å². The van der Waals surface area contributed by atoms with Gasteiger partial charge in [-0.3, -0.25) is 0 Å². The van der Waals surface area contributed by atoms with Gasteiger partial charge < -0.3 is 9.84 Å². The number of aromatic hydroxyl groups is 1. The highest BCUT2D eigenvalue weighted by atomic mass is 16.5. The second kappa shape index (κ2) is 12.9. The highest BCUT2D eigenvalue weighted by Gasteiger charge is 2.22. The lowest BCUT2D eigenvalue weighted by molar-refractivity contribution is 0.463. The number of para-hydroxylation sites is 1. The van der Waals surface area contributed by atoms with Crippen molar-refractivity contribution in [1.82, 2.24) is 9.97 Å². The predicted molar refractivity (Wildman–Crippen MR) is 207 cm³/mol. The van der Waals surface area contributed by atoms with Crippen LogP contribution in [0.2, 0.25) is 0 Å². The van der Waals surface area contributed by atoms with Crippen LogP contribution in [0.3, 0.4) is 0 Å². The largest absolute Gasteiger partial charge is 0.507 e. The lowest BCUT2D eigenvalue weighted by Crippen LogP contribution is -2.16. The molecule has 0 unspecified atom stereocenters. The van der Waals surface area contributed by atoms with E-state index < -0.39 is 0 Å². The summed E-state index contributed by atoms with van der Waals surface area (Å²) in [5.74, 6) is 1.36. The van der Waals surface area contributed by atoms with Gasteiger partial charge in [-0.05, 0) is 104 Å². The maximum atomic E-state index is 11.0. The summed E-state index contributed by atoms with van der Waals surface area (Å²) in [6, 6.07) is 45.3. The summed E-state index contributed by atoms with van der Waals surface area (Å²) < 4.78 is 6.39. The lowest BCUT2D eigenvalue weighted by atomic mass is 9.79. The lowest BCUT2D eigenvalue weighted by Gasteiger charge is -2.26. The second-order valence-corrected chi connectivity index (χ2v) is 15.0. The van der Waals surface area contributed by atoms with E-state index in [0.717, 1.165) is 44.3 Å². The first-order chi connectivity index (χ1) is 23.9. The minimum atomic E-state index is -0.0447. The third-order valence-electron chi connectivity index (χ3n) is 9.17. The first-order valence-corrected chi connectivity index (χ1v) is 17.1. The summed E-state index contributed by atoms with van der Waals surface area (Å²) in [6.07, 6.45) is 1.73. The topological polar surface area (TPSA) is 55.2 Å². The first-order valence-electron chi connectivity index (χ1n) is 17.1. The molecule has 7 rings (SSSR count). The van der Waals surface area contributed by atoms with Crippen LogP contribution in [0.4, 0.5) is 0 Å². The SMILES string of the molecule is CC(C)(C)c1cc(-c2cc(-c3cc(Oc4ccccn4)cc(-c4cccc5ccccc45)c3)nc(-c3ccccc3O)c2)cc(C(C)(C)C)c1. The van der Waals surface area contributed by atoms with Crippen LogP contribution in [0.5, 0.6) is 17.4 Å². The number of nitrogens with zero attached hydrogens (tertiary/aromatic N) is 2. The molecule has 2 heterocycles. The van der Waals surface area contributed by atoms with Gasteiger partial charge in [0.1, 0.15) is 11.5 Å². The van der Waals surface area contributed by atoms with Gasteiger partial charge in [0.15, 0.2) is 0 Å². The molecular weight excluding hydrogens is 613 g/mol. The Labute approximate surface area is 295 Å². The fraction of sp³-hybridized carbons (Fsp3) is 0.174. The average Bonchev–Trinajstić information content (AvgIpc) is 3.11. The molecule has 0 aliphatic carbocycles. The average molecular weight is 655 g/mol. The van der Waals surface area contributed by atoms with Crippen LogP contribution < -0.4 is 4.74 Å². The standard InChI is InChI=1S/C46H42N2O2/c1-45(2,3)35-23-31(24-36(29-35)46(4,5)6)32-27-41(48-42(28-32)40-17-9-10-19-43(40)49)34-22-33(25-37(26-34)50-44-20-11-12-21-47-44)39-18-13-15-30-14-7-8-16-38(30)39/h7-29,49H,1-6H3. The van der Waals surface area contributed by atoms with Crippen LogP contribution in [-0.2, 0) is 10.8 Å². The zero-order valence-corrected chi connectivity index (χ0v) is 29.5. The van der Waals surface area contributed by atoms with E-state index in [1.54, 1.807) is 12.3 Å². The number of phenols is 1. The van der Waals surface area contributed by atoms with Crippen molar-refractivity contribution in [2.45, 2.75) is 52.4 Å². The van der Waals surface area contributed by atoms with E-state index in [4.69, 9.17) is 9.72 Å². The van der Waals surface area contributed by atoms with Crippen molar-refractivity contribution < 1.29 is 9.84 Å². The van der Waals surface area contributed by atoms with Gasteiger partial charge in [0, 0.05) is 23.4 Å². The van der Waals surface area contributed by atoms with Gasteiger partial charge in [-0.15, -0.1) is 0 Å². The first kappa shape index (κ1) is 32.8. The maximum Gasteiger partial charge on any atom is 0.219 e. The Morgan fingerprint density at radius 3 is 1.86 bits per heavy atom. The number of pyridine rings is 2. The molecule has 4 heteroatoms. The van der Waals surface area contributed by atoms with E-state index >= 15 is 0 Å². The van der Waals surface area contributed by atoms with Gasteiger partial charge in [-0.25, -0.2) is 9.97 Å². The molecule has 0 aliphatic heterocycles. The number of hydrogen-bond acceptors (Lipinski definition) is 4. The molecule has 1 N–H and O–H groups in total. The van der Waals surface area contributed by atoms with E-state index in [2.05, 4.69) is 131 Å². The fourth-order valence-corrected chi connectivity index (χ4v) is 6.30. The smallest absolute Gasteiger partial charge is 0.219 e. The van der Waals surface area contributed by atoms with E-state index in [-0.39, 0.29) is 16.6 Å². The quantitative estimate of drug-likeness (QED) is 0.194. The Morgan fingerprint density at radius 1 is 0.520 bits per heavy atom. The van der Waals surface area contributed by atoms with Crippen molar-refractivity contribution in [2.75, 3.05) is 0 Å². The minimum absolute atomic E-state index is 0.0447. The molecule has 0 fully saturated rings. The van der Waals surface area contributed by atoms with Gasteiger partial charge in [-0.1, -0.05) is 120 Å². The molecule has 0 saturated carbocycles. The zero-order chi connectivity index (χ0) is 35.0. The molecule has 4 nitrogen and oxygen atoms in total. The molecule has 0 spiro atoms. The molecule has 7 aromatic rings. The fourth-order valence-electron chi connectivity index (χ4n) is 6.30. The van der Waals surface area contributed by atoms with Crippen LogP contribution in [0.15, 0.2) is 140 Å². The number of phenolic OH excluding ortho intramolecular Hbond substituents is 1. The van der Waals surface area contributed by atoms with Gasteiger partial charge >= 0.3 is 0 Å². The molecule has 248 valence electrons. The monoisotopic (exact) mass is 654 g/mol. The highest BCUT2D eigenvalue weighted by molar-refractivity contribution is 5.97. The van der Waals surface area contributed by atoms with Gasteiger partial charge in [-0.2, -0.15) is 0 Å². The van der Waals surface area contributed by atoms with Crippen LogP contribution in [-0.4, -0.2) is 15.1 Å². The molecule has 0 radical (unpaired) electrons. The third-order valence-corrected chi connectivity index (χ3v) is 9.17. The van der Waals surface area contributed by atoms with Crippen LogP contribution in [0, 0.1) is 0 Å². The van der Waals surface area contributed by atoms with Crippen molar-refractivity contribution in [3.63, 3.8) is 0 Å². The van der Waals surface area contributed by atoms with E-state index in [1.165, 1.54) is 11.1 Å². The Bertz CT molecular complexity index is 2290. The molecular formula is C46H42N2O2. The number of ether oxygens (including phenoxy) is 1. The van der Waals surface area contributed by atoms with Gasteiger partial charge in [0.25, 0.3) is 0 Å². The number of rotatable bonds is 6.